The molecule has 0 aromatic heterocycles. The Morgan fingerprint density at radius 2 is 1.19 bits per heavy atom. The second-order valence-electron chi connectivity index (χ2n) is 14.7. The first-order valence-corrected chi connectivity index (χ1v) is 22.7. The number of carbonyl (C=O) groups excluding carboxylic acids is 2. The minimum absolute atomic E-state index is 0.0571. The molecule has 0 aromatic rings. The Labute approximate surface area is 345 Å². The van der Waals surface area contributed by atoms with Gasteiger partial charge >= 0.3 is 19.8 Å². The van der Waals surface area contributed by atoms with Gasteiger partial charge < -0.3 is 45.0 Å². The second-order valence-corrected chi connectivity index (χ2v) is 16.1. The largest absolute Gasteiger partial charge is 0.472 e. The normalized spacial score (nSPS) is 23.7. The molecule has 0 amide bonds. The Hall–Kier alpha value is -2.49. The SMILES string of the molecule is CC/C=C/C/C=C/C=C/C(O)CCCCCCCC(=O)OC[C@H](COP(=O)(O)OC1[C@H](O)[C@H](O)C(O)[C@H](O)[C@H]1O)OC(=O)CCCCCCC/C=C\C/C=C\CCC. The number of ether oxygens (including phenoxy) is 2. The van der Waals surface area contributed by atoms with Crippen LogP contribution < -0.4 is 0 Å². The van der Waals surface area contributed by atoms with Crippen LogP contribution in [0.2, 0.25) is 0 Å². The highest BCUT2D eigenvalue weighted by molar-refractivity contribution is 7.47. The molecule has 7 N–H and O–H groups in total. The lowest BCUT2D eigenvalue weighted by Crippen LogP contribution is -2.64. The summed E-state index contributed by atoms with van der Waals surface area (Å²) < 4.78 is 33.3. The molecule has 0 radical (unpaired) electrons. The van der Waals surface area contributed by atoms with Crippen LogP contribution in [-0.2, 0) is 32.7 Å². The van der Waals surface area contributed by atoms with E-state index in [-0.39, 0.29) is 12.8 Å². The molecule has 58 heavy (non-hydrogen) atoms. The first-order valence-electron chi connectivity index (χ1n) is 21.2. The molecule has 9 atom stereocenters. The van der Waals surface area contributed by atoms with E-state index in [4.69, 9.17) is 18.5 Å². The Bertz CT molecular complexity index is 1270. The summed E-state index contributed by atoms with van der Waals surface area (Å²) >= 11 is 0. The number of phosphoric ester groups is 1. The fourth-order valence-electron chi connectivity index (χ4n) is 5.98. The molecular weight excluding hydrogens is 771 g/mol. The average Bonchev–Trinajstić information content (AvgIpc) is 3.20. The summed E-state index contributed by atoms with van der Waals surface area (Å²) in [6, 6.07) is 0. The zero-order valence-electron chi connectivity index (χ0n) is 34.7. The van der Waals surface area contributed by atoms with Gasteiger partial charge in [0.2, 0.25) is 0 Å². The van der Waals surface area contributed by atoms with Gasteiger partial charge in [-0.05, 0) is 57.8 Å². The summed E-state index contributed by atoms with van der Waals surface area (Å²) in [7, 11) is -5.14. The Balaban J connectivity index is 2.55. The van der Waals surface area contributed by atoms with Gasteiger partial charge in [-0.15, -0.1) is 0 Å². The molecule has 0 bridgehead atoms. The predicted molar refractivity (Wildman–Crippen MR) is 222 cm³/mol. The maximum atomic E-state index is 12.8. The molecule has 14 nitrogen and oxygen atoms in total. The van der Waals surface area contributed by atoms with Gasteiger partial charge in [0.05, 0.1) is 12.7 Å². The summed E-state index contributed by atoms with van der Waals surface area (Å²) in [6.07, 6.45) is 21.6. The summed E-state index contributed by atoms with van der Waals surface area (Å²) in [6.45, 7) is 2.98. The van der Waals surface area contributed by atoms with Crippen molar-refractivity contribution in [2.24, 2.45) is 0 Å². The minimum Gasteiger partial charge on any atom is -0.462 e. The molecule has 0 aromatic carbocycles. The van der Waals surface area contributed by atoms with Crippen molar-refractivity contribution in [3.8, 4) is 0 Å². The number of carbonyl (C=O) groups is 2. The van der Waals surface area contributed by atoms with Crippen molar-refractivity contribution in [1.29, 1.82) is 0 Å². The second kappa shape index (κ2) is 33.3. The third-order valence-corrected chi connectivity index (χ3v) is 10.4. The molecule has 0 aliphatic heterocycles. The number of phosphoric acid groups is 1. The smallest absolute Gasteiger partial charge is 0.462 e. The van der Waals surface area contributed by atoms with E-state index in [0.717, 1.165) is 89.9 Å². The van der Waals surface area contributed by atoms with E-state index in [9.17, 15) is 49.7 Å². The molecule has 0 spiro atoms. The summed E-state index contributed by atoms with van der Waals surface area (Å²) in [5, 5.41) is 60.2. The van der Waals surface area contributed by atoms with Crippen LogP contribution in [0.4, 0.5) is 0 Å². The first kappa shape index (κ1) is 53.5. The molecule has 1 fully saturated rings. The number of hydrogen-bond donors (Lipinski definition) is 7. The van der Waals surface area contributed by atoms with Crippen LogP contribution in [0.5, 0.6) is 0 Å². The standard InChI is InChI=1S/C43H73O14P/c1-3-5-7-9-11-12-13-14-15-16-18-22-27-31-37(46)56-35(33-55-58(52,53)57-43-41(50)39(48)38(47)40(49)42(43)51)32-54-36(45)30-26-23-19-21-25-29-34(44)28-24-20-17-10-8-6-4-2/h6-9,12-13,17,20,24,28,34-35,38-44,47-51H,3-5,10-11,14-16,18-19,21-23,25-27,29-33H2,1-2H3,(H,52,53)/b8-6+,9-7-,13-12-,20-17+,28-24+/t34?,35-,38?,39-,40+,41-,42-,43?/m1/s1. The lowest BCUT2D eigenvalue weighted by atomic mass is 9.85. The average molecular weight is 845 g/mol. The number of allylic oxidation sites excluding steroid dienone is 9. The van der Waals surface area contributed by atoms with Crippen molar-refractivity contribution in [3.05, 3.63) is 60.8 Å². The Morgan fingerprint density at radius 3 is 1.84 bits per heavy atom. The van der Waals surface area contributed by atoms with Crippen molar-refractivity contribution < 1.29 is 68.2 Å². The highest BCUT2D eigenvalue weighted by atomic mass is 31.2. The van der Waals surface area contributed by atoms with Gasteiger partial charge in [-0.25, -0.2) is 4.57 Å². The van der Waals surface area contributed by atoms with Crippen LogP contribution in [0.3, 0.4) is 0 Å². The zero-order chi connectivity index (χ0) is 43.0. The Kier molecular flexibility index (Phi) is 30.7. The third-order valence-electron chi connectivity index (χ3n) is 9.43. The molecule has 15 heteroatoms. The van der Waals surface area contributed by atoms with Gasteiger partial charge in [-0.2, -0.15) is 0 Å². The fourth-order valence-corrected chi connectivity index (χ4v) is 6.95. The van der Waals surface area contributed by atoms with Crippen LogP contribution in [0.1, 0.15) is 136 Å². The number of aliphatic hydroxyl groups is 6. The molecule has 0 saturated heterocycles. The van der Waals surface area contributed by atoms with Gasteiger partial charge in [0.25, 0.3) is 0 Å². The molecule has 1 aliphatic rings. The van der Waals surface area contributed by atoms with E-state index in [2.05, 4.69) is 50.3 Å². The minimum atomic E-state index is -5.14. The van der Waals surface area contributed by atoms with Crippen molar-refractivity contribution in [3.63, 3.8) is 0 Å². The number of unbranched alkanes of at least 4 members (excludes halogenated alkanes) is 10. The predicted octanol–water partition coefficient (Wildman–Crippen LogP) is 6.36. The van der Waals surface area contributed by atoms with Crippen LogP contribution in [0.15, 0.2) is 60.8 Å². The highest BCUT2D eigenvalue weighted by Gasteiger charge is 2.51. The molecule has 0 heterocycles. The van der Waals surface area contributed by atoms with Gasteiger partial charge in [0.1, 0.15) is 43.2 Å². The molecule has 1 aliphatic carbocycles. The number of aliphatic hydroxyl groups excluding tert-OH is 6. The van der Waals surface area contributed by atoms with Crippen LogP contribution in [-0.4, -0.2) is 110 Å². The highest BCUT2D eigenvalue weighted by Crippen LogP contribution is 2.47. The van der Waals surface area contributed by atoms with Crippen molar-refractivity contribution in [2.75, 3.05) is 13.2 Å². The molecule has 334 valence electrons. The zero-order valence-corrected chi connectivity index (χ0v) is 35.6. The maximum absolute atomic E-state index is 12.8. The number of rotatable bonds is 33. The molecule has 4 unspecified atom stereocenters. The maximum Gasteiger partial charge on any atom is 0.472 e. The molecular formula is C43H73O14P. The Morgan fingerprint density at radius 1 is 0.638 bits per heavy atom. The van der Waals surface area contributed by atoms with Crippen LogP contribution >= 0.6 is 7.82 Å². The van der Waals surface area contributed by atoms with Gasteiger partial charge in [-0.1, -0.05) is 126 Å². The summed E-state index contributed by atoms with van der Waals surface area (Å²) in [5.41, 5.74) is 0. The van der Waals surface area contributed by atoms with E-state index in [1.54, 1.807) is 6.08 Å². The van der Waals surface area contributed by atoms with Gasteiger partial charge in [0, 0.05) is 12.8 Å². The van der Waals surface area contributed by atoms with Crippen molar-refractivity contribution >= 4 is 19.8 Å². The van der Waals surface area contributed by atoms with E-state index >= 15 is 0 Å². The quantitative estimate of drug-likeness (QED) is 0.0126. The van der Waals surface area contributed by atoms with Crippen LogP contribution in [0.25, 0.3) is 0 Å². The van der Waals surface area contributed by atoms with E-state index < -0.39 is 81.8 Å². The van der Waals surface area contributed by atoms with Crippen molar-refractivity contribution in [2.45, 2.75) is 185 Å². The third kappa shape index (κ3) is 25.9. The number of esters is 2. The van der Waals surface area contributed by atoms with E-state index in [0.29, 0.717) is 19.3 Å². The lowest BCUT2D eigenvalue weighted by molar-refractivity contribution is -0.220. The lowest BCUT2D eigenvalue weighted by Gasteiger charge is -2.41. The number of hydrogen-bond acceptors (Lipinski definition) is 13. The van der Waals surface area contributed by atoms with Crippen LogP contribution in [0, 0.1) is 0 Å². The van der Waals surface area contributed by atoms with E-state index in [1.807, 2.05) is 18.2 Å². The summed E-state index contributed by atoms with van der Waals surface area (Å²) in [5.74, 6) is -1.20. The first-order chi connectivity index (χ1) is 27.8. The van der Waals surface area contributed by atoms with Gasteiger partial charge in [-0.3, -0.25) is 18.6 Å². The monoisotopic (exact) mass is 844 g/mol. The summed E-state index contributed by atoms with van der Waals surface area (Å²) in [4.78, 5) is 35.6. The van der Waals surface area contributed by atoms with Crippen molar-refractivity contribution in [1.82, 2.24) is 0 Å². The van der Waals surface area contributed by atoms with Gasteiger partial charge in [0.15, 0.2) is 6.10 Å². The van der Waals surface area contributed by atoms with E-state index in [1.165, 1.54) is 0 Å². The molecule has 1 rings (SSSR count). The topological polar surface area (TPSA) is 230 Å². The fraction of sp³-hybridized carbons (Fsp3) is 0.721. The molecule has 1 saturated carbocycles.